The molecule has 1 aliphatic carbocycles. The van der Waals surface area contributed by atoms with Crippen molar-refractivity contribution in [3.8, 4) is 0 Å². The molecule has 164 valence electrons. The van der Waals surface area contributed by atoms with Crippen molar-refractivity contribution in [3.63, 3.8) is 0 Å². The largest absolute Gasteiger partial charge is 0.465 e. The van der Waals surface area contributed by atoms with Gasteiger partial charge in [0.2, 0.25) is 0 Å². The average Bonchev–Trinajstić information content (AvgIpc) is 3.10. The third-order valence-corrected chi connectivity index (χ3v) is 7.41. The zero-order chi connectivity index (χ0) is 21.8. The second-order valence-electron chi connectivity index (χ2n) is 7.40. The highest BCUT2D eigenvalue weighted by molar-refractivity contribution is 7.84. The number of fused-ring (bicyclic) bond motifs is 3. The van der Waals surface area contributed by atoms with Crippen LogP contribution in [-0.2, 0) is 45.5 Å². The lowest BCUT2D eigenvalue weighted by molar-refractivity contribution is -0.139. The van der Waals surface area contributed by atoms with Crippen LogP contribution in [0.4, 0.5) is 10.2 Å². The van der Waals surface area contributed by atoms with E-state index < -0.39 is 16.8 Å². The monoisotopic (exact) mass is 461 g/mol. The topological polar surface area (TPSA) is 81.2 Å². The Kier molecular flexibility index (Phi) is 6.92. The van der Waals surface area contributed by atoms with Gasteiger partial charge in [0.25, 0.3) is 0 Å². The third-order valence-electron chi connectivity index (χ3n) is 5.08. The maximum absolute atomic E-state index is 13.6. The molecule has 1 N–H and O–H groups in total. The fourth-order valence-electron chi connectivity index (χ4n) is 3.76. The van der Waals surface area contributed by atoms with Crippen LogP contribution in [0.1, 0.15) is 41.6 Å². The molecule has 1 atom stereocenters. The lowest BCUT2D eigenvalue weighted by atomic mass is 9.97. The summed E-state index contributed by atoms with van der Waals surface area (Å²) in [6.07, 6.45) is 4.31. The molecule has 0 aliphatic heterocycles. The first kappa shape index (κ1) is 21.8. The number of hydrogen-bond donors (Lipinski definition) is 1. The molecule has 1 aromatic carbocycles. The van der Waals surface area contributed by atoms with Gasteiger partial charge in [0.05, 0.1) is 17.7 Å². The third kappa shape index (κ3) is 5.27. The van der Waals surface area contributed by atoms with Crippen molar-refractivity contribution < 1.29 is 18.1 Å². The van der Waals surface area contributed by atoms with Crippen LogP contribution in [-0.4, -0.2) is 32.5 Å². The first-order valence-electron chi connectivity index (χ1n) is 10.3. The molecule has 9 heteroatoms. The molecule has 0 amide bonds. The predicted molar refractivity (Wildman–Crippen MR) is 121 cm³/mol. The number of carbonyl (C=O) groups is 1. The molecule has 0 bridgehead atoms. The number of esters is 1. The van der Waals surface area contributed by atoms with E-state index in [1.165, 1.54) is 22.6 Å². The van der Waals surface area contributed by atoms with Gasteiger partial charge in [-0.2, -0.15) is 0 Å². The van der Waals surface area contributed by atoms with E-state index in [9.17, 15) is 13.4 Å². The number of nitrogens with zero attached hydrogens (tertiary/aromatic N) is 2. The van der Waals surface area contributed by atoms with Gasteiger partial charge in [-0.1, -0.05) is 12.1 Å². The van der Waals surface area contributed by atoms with Gasteiger partial charge in [0.15, 0.2) is 0 Å². The molecule has 0 radical (unpaired) electrons. The van der Waals surface area contributed by atoms with Gasteiger partial charge in [0.1, 0.15) is 28.0 Å². The highest BCUT2D eigenvalue weighted by Gasteiger charge is 2.22. The summed E-state index contributed by atoms with van der Waals surface area (Å²) in [7, 11) is -1.46. The van der Waals surface area contributed by atoms with E-state index >= 15 is 0 Å². The Morgan fingerprint density at radius 3 is 2.94 bits per heavy atom. The van der Waals surface area contributed by atoms with E-state index in [0.29, 0.717) is 18.2 Å². The maximum Gasteiger partial charge on any atom is 0.318 e. The van der Waals surface area contributed by atoms with E-state index in [4.69, 9.17) is 4.74 Å². The van der Waals surface area contributed by atoms with E-state index in [-0.39, 0.29) is 23.9 Å². The van der Waals surface area contributed by atoms with Crippen molar-refractivity contribution in [1.29, 1.82) is 0 Å². The summed E-state index contributed by atoms with van der Waals surface area (Å²) >= 11 is 1.66. The SMILES string of the molecule is CCOC(=O)CS(=O)Cc1nc(NCc2cccc(F)c2)c2c3c(sc2n1)CCCC3. The van der Waals surface area contributed by atoms with Crippen molar-refractivity contribution in [2.45, 2.75) is 44.9 Å². The summed E-state index contributed by atoms with van der Waals surface area (Å²) < 4.78 is 30.9. The minimum absolute atomic E-state index is 0.0754. The van der Waals surface area contributed by atoms with Crippen LogP contribution >= 0.6 is 11.3 Å². The molecule has 31 heavy (non-hydrogen) atoms. The number of halogens is 1. The van der Waals surface area contributed by atoms with Crippen LogP contribution in [0.5, 0.6) is 0 Å². The number of benzene rings is 1. The zero-order valence-corrected chi connectivity index (χ0v) is 18.9. The fourth-order valence-corrected chi connectivity index (χ4v) is 5.90. The molecule has 2 heterocycles. The van der Waals surface area contributed by atoms with Crippen molar-refractivity contribution in [3.05, 3.63) is 51.9 Å². The molecule has 0 fully saturated rings. The standard InChI is InChI=1S/C22H24FN3O3S2/c1-2-29-19(27)13-31(28)12-18-25-21(24-11-14-6-5-7-15(23)10-14)20-16-8-3-4-9-17(16)30-22(20)26-18/h5-7,10H,2-4,8-9,11-13H2,1H3,(H,24,25,26). The quantitative estimate of drug-likeness (QED) is 0.508. The van der Waals surface area contributed by atoms with Crippen molar-refractivity contribution in [2.24, 2.45) is 0 Å². The van der Waals surface area contributed by atoms with Crippen LogP contribution in [0.2, 0.25) is 0 Å². The number of nitrogens with one attached hydrogen (secondary N) is 1. The van der Waals surface area contributed by atoms with Crippen molar-refractivity contribution >= 4 is 44.1 Å². The summed E-state index contributed by atoms with van der Waals surface area (Å²) in [6, 6.07) is 6.44. The minimum Gasteiger partial charge on any atom is -0.465 e. The lowest BCUT2D eigenvalue weighted by Gasteiger charge is -2.13. The Labute approximate surface area is 186 Å². The van der Waals surface area contributed by atoms with E-state index in [1.807, 2.05) is 6.07 Å². The summed E-state index contributed by atoms with van der Waals surface area (Å²) in [5.41, 5.74) is 2.09. The second-order valence-corrected chi connectivity index (χ2v) is 9.94. The molecule has 1 unspecified atom stereocenters. The molecule has 0 spiro atoms. The molecule has 6 nitrogen and oxygen atoms in total. The predicted octanol–water partition coefficient (Wildman–Crippen LogP) is 4.13. The smallest absolute Gasteiger partial charge is 0.318 e. The first-order valence-corrected chi connectivity index (χ1v) is 12.6. The minimum atomic E-state index is -1.46. The van der Waals surface area contributed by atoms with Gasteiger partial charge in [0, 0.05) is 22.2 Å². The normalized spacial score (nSPS) is 14.3. The van der Waals surface area contributed by atoms with Gasteiger partial charge in [-0.05, 0) is 55.9 Å². The summed E-state index contributed by atoms with van der Waals surface area (Å²) in [6.45, 7) is 2.39. The van der Waals surface area contributed by atoms with Crippen LogP contribution in [0.25, 0.3) is 10.2 Å². The number of anilines is 1. The average molecular weight is 462 g/mol. The van der Waals surface area contributed by atoms with Gasteiger partial charge >= 0.3 is 5.97 Å². The van der Waals surface area contributed by atoms with Gasteiger partial charge in [-0.3, -0.25) is 9.00 Å². The maximum atomic E-state index is 13.6. The van der Waals surface area contributed by atoms with Gasteiger partial charge in [-0.25, -0.2) is 14.4 Å². The molecular weight excluding hydrogens is 437 g/mol. The second kappa shape index (κ2) is 9.82. The molecule has 3 aromatic rings. The van der Waals surface area contributed by atoms with Crippen LogP contribution in [0.3, 0.4) is 0 Å². The van der Waals surface area contributed by atoms with E-state index in [0.717, 1.165) is 41.5 Å². The summed E-state index contributed by atoms with van der Waals surface area (Å²) in [5, 5.41) is 4.35. The number of hydrogen-bond acceptors (Lipinski definition) is 7. The number of ether oxygens (including phenoxy) is 1. The molecule has 0 saturated heterocycles. The highest BCUT2D eigenvalue weighted by atomic mass is 32.2. The Bertz CT molecular complexity index is 1130. The van der Waals surface area contributed by atoms with Crippen molar-refractivity contribution in [1.82, 2.24) is 9.97 Å². The lowest BCUT2D eigenvalue weighted by Crippen LogP contribution is -2.16. The van der Waals surface area contributed by atoms with E-state index in [1.54, 1.807) is 24.3 Å². The van der Waals surface area contributed by atoms with Crippen molar-refractivity contribution in [2.75, 3.05) is 17.7 Å². The van der Waals surface area contributed by atoms with Crippen LogP contribution < -0.4 is 5.32 Å². The molecule has 2 aromatic heterocycles. The Hall–Kier alpha value is -2.39. The number of aromatic nitrogens is 2. The molecule has 4 rings (SSSR count). The zero-order valence-electron chi connectivity index (χ0n) is 17.3. The Morgan fingerprint density at radius 1 is 1.29 bits per heavy atom. The summed E-state index contributed by atoms with van der Waals surface area (Å²) in [5.74, 6) is 0.231. The number of rotatable bonds is 8. The van der Waals surface area contributed by atoms with Gasteiger partial charge < -0.3 is 10.1 Å². The fraction of sp³-hybridized carbons (Fsp3) is 0.409. The summed E-state index contributed by atoms with van der Waals surface area (Å²) in [4.78, 5) is 23.2. The first-order chi connectivity index (χ1) is 15.0. The molecular formula is C22H24FN3O3S2. The van der Waals surface area contributed by atoms with Gasteiger partial charge in [-0.15, -0.1) is 11.3 Å². The number of carbonyl (C=O) groups excluding carboxylic acids is 1. The highest BCUT2D eigenvalue weighted by Crippen LogP contribution is 2.38. The van der Waals surface area contributed by atoms with Crippen LogP contribution in [0, 0.1) is 5.82 Å². The van der Waals surface area contributed by atoms with Crippen LogP contribution in [0.15, 0.2) is 24.3 Å². The number of thiophene rings is 1. The molecule has 1 aliphatic rings. The van der Waals surface area contributed by atoms with E-state index in [2.05, 4.69) is 15.3 Å². The number of aryl methyl sites for hydroxylation is 2. The Balaban J connectivity index is 1.63. The molecule has 0 saturated carbocycles. The Morgan fingerprint density at radius 2 is 2.13 bits per heavy atom.